The van der Waals surface area contributed by atoms with Crippen LogP contribution in [0.3, 0.4) is 0 Å². The van der Waals surface area contributed by atoms with Gasteiger partial charge < -0.3 is 5.32 Å². The van der Waals surface area contributed by atoms with Crippen LogP contribution in [0.1, 0.15) is 26.2 Å². The van der Waals surface area contributed by atoms with Gasteiger partial charge >= 0.3 is 0 Å². The smallest absolute Gasteiger partial charge is 0.243 e. The van der Waals surface area contributed by atoms with Crippen molar-refractivity contribution < 1.29 is 8.42 Å². The summed E-state index contributed by atoms with van der Waals surface area (Å²) in [6.45, 7) is 2.93. The average Bonchev–Trinajstić information content (AvgIpc) is 3.20. The Balaban J connectivity index is 2.21. The van der Waals surface area contributed by atoms with Gasteiger partial charge in [-0.1, -0.05) is 13.0 Å². The molecule has 5 heteroatoms. The molecule has 2 rings (SSSR count). The predicted octanol–water partition coefficient (Wildman–Crippen LogP) is 2.29. The molecule has 0 bridgehead atoms. The summed E-state index contributed by atoms with van der Waals surface area (Å²) in [5.41, 5.74) is 0.863. The standard InChI is InChI=1S/C13H20N2O2S/c1-3-9-14-11-5-4-6-13(10-11)18(16,17)15(2)12-7-8-12/h4-6,10,12,14H,3,7-9H2,1-2H3. The molecule has 0 unspecified atom stereocenters. The molecule has 1 aromatic carbocycles. The molecule has 0 heterocycles. The maximum absolute atomic E-state index is 12.3. The Kier molecular flexibility index (Phi) is 3.92. The van der Waals surface area contributed by atoms with Gasteiger partial charge in [-0.05, 0) is 37.5 Å². The van der Waals surface area contributed by atoms with Gasteiger partial charge in [0.15, 0.2) is 0 Å². The molecule has 0 radical (unpaired) electrons. The van der Waals surface area contributed by atoms with E-state index < -0.39 is 10.0 Å². The van der Waals surface area contributed by atoms with Crippen LogP contribution in [0.5, 0.6) is 0 Å². The molecule has 0 aromatic heterocycles. The van der Waals surface area contributed by atoms with Crippen molar-refractivity contribution in [2.45, 2.75) is 37.1 Å². The summed E-state index contributed by atoms with van der Waals surface area (Å²) in [6, 6.07) is 7.24. The zero-order valence-corrected chi connectivity index (χ0v) is 11.7. The van der Waals surface area contributed by atoms with Crippen molar-refractivity contribution in [2.24, 2.45) is 0 Å². The summed E-state index contributed by atoms with van der Waals surface area (Å²) in [7, 11) is -1.66. The summed E-state index contributed by atoms with van der Waals surface area (Å²) >= 11 is 0. The number of hydrogen-bond donors (Lipinski definition) is 1. The van der Waals surface area contributed by atoms with E-state index in [9.17, 15) is 8.42 Å². The van der Waals surface area contributed by atoms with E-state index in [4.69, 9.17) is 0 Å². The Morgan fingerprint density at radius 1 is 1.39 bits per heavy atom. The van der Waals surface area contributed by atoms with Crippen LogP contribution >= 0.6 is 0 Å². The maximum Gasteiger partial charge on any atom is 0.243 e. The van der Waals surface area contributed by atoms with Crippen LogP contribution in [-0.2, 0) is 10.0 Å². The van der Waals surface area contributed by atoms with Crippen molar-refractivity contribution in [3.05, 3.63) is 24.3 Å². The Morgan fingerprint density at radius 3 is 2.72 bits per heavy atom. The predicted molar refractivity (Wildman–Crippen MR) is 73.2 cm³/mol. The Bertz CT molecular complexity index is 509. The highest BCUT2D eigenvalue weighted by Gasteiger charge is 2.34. The summed E-state index contributed by atoms with van der Waals surface area (Å²) in [5.74, 6) is 0. The molecule has 4 nitrogen and oxygen atoms in total. The summed E-state index contributed by atoms with van der Waals surface area (Å²) in [6.07, 6.45) is 2.96. The molecule has 100 valence electrons. The lowest BCUT2D eigenvalue weighted by molar-refractivity contribution is 0.464. The fourth-order valence-corrected chi connectivity index (χ4v) is 3.30. The van der Waals surface area contributed by atoms with E-state index in [1.807, 2.05) is 6.07 Å². The zero-order valence-electron chi connectivity index (χ0n) is 10.9. The van der Waals surface area contributed by atoms with E-state index >= 15 is 0 Å². The van der Waals surface area contributed by atoms with E-state index in [1.165, 1.54) is 4.31 Å². The molecule has 1 saturated carbocycles. The van der Waals surface area contributed by atoms with Gasteiger partial charge in [-0.3, -0.25) is 0 Å². The summed E-state index contributed by atoms with van der Waals surface area (Å²) < 4.78 is 26.2. The quantitative estimate of drug-likeness (QED) is 0.861. The Morgan fingerprint density at radius 2 is 2.11 bits per heavy atom. The van der Waals surface area contributed by atoms with Crippen molar-refractivity contribution in [1.29, 1.82) is 0 Å². The molecule has 0 spiro atoms. The van der Waals surface area contributed by atoms with Crippen LogP contribution < -0.4 is 5.32 Å². The minimum absolute atomic E-state index is 0.197. The number of hydrogen-bond acceptors (Lipinski definition) is 3. The van der Waals surface area contributed by atoms with Crippen LogP contribution in [0.2, 0.25) is 0 Å². The Hall–Kier alpha value is -1.07. The number of nitrogens with zero attached hydrogens (tertiary/aromatic N) is 1. The molecule has 1 N–H and O–H groups in total. The fraction of sp³-hybridized carbons (Fsp3) is 0.538. The zero-order chi connectivity index (χ0) is 13.2. The number of benzene rings is 1. The molecule has 0 amide bonds. The molecule has 18 heavy (non-hydrogen) atoms. The van der Waals surface area contributed by atoms with Crippen molar-refractivity contribution in [3.8, 4) is 0 Å². The van der Waals surface area contributed by atoms with E-state index in [0.29, 0.717) is 4.90 Å². The van der Waals surface area contributed by atoms with Crippen LogP contribution in [0.15, 0.2) is 29.2 Å². The van der Waals surface area contributed by atoms with Crippen LogP contribution in [0.4, 0.5) is 5.69 Å². The van der Waals surface area contributed by atoms with E-state index in [1.54, 1.807) is 25.2 Å². The first-order chi connectivity index (χ1) is 8.55. The molecule has 0 saturated heterocycles. The first kappa shape index (κ1) is 13.4. The van der Waals surface area contributed by atoms with Crippen molar-refractivity contribution >= 4 is 15.7 Å². The van der Waals surface area contributed by atoms with E-state index in [2.05, 4.69) is 12.2 Å². The highest BCUT2D eigenvalue weighted by Crippen LogP contribution is 2.30. The van der Waals surface area contributed by atoms with Gasteiger partial charge in [0.25, 0.3) is 0 Å². The van der Waals surface area contributed by atoms with Crippen molar-refractivity contribution in [2.75, 3.05) is 18.9 Å². The fourth-order valence-electron chi connectivity index (χ4n) is 1.84. The third-order valence-corrected chi connectivity index (χ3v) is 5.06. The topological polar surface area (TPSA) is 49.4 Å². The van der Waals surface area contributed by atoms with Gasteiger partial charge in [-0.2, -0.15) is 4.31 Å². The molecule has 1 aliphatic carbocycles. The first-order valence-corrected chi connectivity index (χ1v) is 7.81. The van der Waals surface area contributed by atoms with Crippen LogP contribution in [0, 0.1) is 0 Å². The monoisotopic (exact) mass is 268 g/mol. The number of anilines is 1. The second-order valence-corrected chi connectivity index (χ2v) is 6.70. The first-order valence-electron chi connectivity index (χ1n) is 6.37. The van der Waals surface area contributed by atoms with Gasteiger partial charge in [0.05, 0.1) is 4.90 Å². The van der Waals surface area contributed by atoms with Crippen molar-refractivity contribution in [1.82, 2.24) is 4.31 Å². The normalized spacial score (nSPS) is 15.9. The van der Waals surface area contributed by atoms with E-state index in [0.717, 1.165) is 31.5 Å². The minimum atomic E-state index is -3.33. The number of nitrogens with one attached hydrogen (secondary N) is 1. The van der Waals surface area contributed by atoms with Crippen LogP contribution in [0.25, 0.3) is 0 Å². The SMILES string of the molecule is CCCNc1cccc(S(=O)(=O)N(C)C2CC2)c1. The Labute approximate surface area is 109 Å². The number of sulfonamides is 1. The third kappa shape index (κ3) is 2.84. The highest BCUT2D eigenvalue weighted by atomic mass is 32.2. The van der Waals surface area contributed by atoms with Crippen molar-refractivity contribution in [3.63, 3.8) is 0 Å². The largest absolute Gasteiger partial charge is 0.385 e. The van der Waals surface area contributed by atoms with Gasteiger partial charge in [-0.25, -0.2) is 8.42 Å². The molecular weight excluding hydrogens is 248 g/mol. The minimum Gasteiger partial charge on any atom is -0.385 e. The summed E-state index contributed by atoms with van der Waals surface area (Å²) in [5, 5.41) is 3.21. The van der Waals surface area contributed by atoms with Gasteiger partial charge in [0, 0.05) is 25.3 Å². The maximum atomic E-state index is 12.3. The lowest BCUT2D eigenvalue weighted by Crippen LogP contribution is -2.28. The third-order valence-electron chi connectivity index (χ3n) is 3.15. The molecule has 1 aliphatic rings. The molecule has 1 aromatic rings. The molecule has 0 aliphatic heterocycles. The average molecular weight is 268 g/mol. The molecular formula is C13H20N2O2S. The van der Waals surface area contributed by atoms with Gasteiger partial charge in [0.2, 0.25) is 10.0 Å². The second kappa shape index (κ2) is 5.28. The lowest BCUT2D eigenvalue weighted by atomic mass is 10.3. The lowest BCUT2D eigenvalue weighted by Gasteiger charge is -2.17. The van der Waals surface area contributed by atoms with Crippen LogP contribution in [-0.4, -0.2) is 32.4 Å². The highest BCUT2D eigenvalue weighted by molar-refractivity contribution is 7.89. The number of rotatable bonds is 6. The molecule has 1 fully saturated rings. The summed E-state index contributed by atoms with van der Waals surface area (Å²) in [4.78, 5) is 0.373. The second-order valence-electron chi connectivity index (χ2n) is 4.71. The van der Waals surface area contributed by atoms with Gasteiger partial charge in [-0.15, -0.1) is 0 Å². The van der Waals surface area contributed by atoms with E-state index in [-0.39, 0.29) is 6.04 Å². The molecule has 0 atom stereocenters. The van der Waals surface area contributed by atoms with Gasteiger partial charge in [0.1, 0.15) is 0 Å².